The van der Waals surface area contributed by atoms with Crippen LogP contribution in [-0.2, 0) is 11.2 Å². The van der Waals surface area contributed by atoms with Crippen molar-refractivity contribution < 1.29 is 9.90 Å². The summed E-state index contributed by atoms with van der Waals surface area (Å²) in [5.41, 5.74) is 6.57. The molecule has 0 fully saturated rings. The molecule has 6 heteroatoms. The number of hydrogen-bond acceptors (Lipinski definition) is 3. The van der Waals surface area contributed by atoms with E-state index in [0.29, 0.717) is 6.42 Å². The van der Waals surface area contributed by atoms with Crippen LogP contribution in [0, 0.1) is 0 Å². The van der Waals surface area contributed by atoms with Gasteiger partial charge in [0.2, 0.25) is 0 Å². The van der Waals surface area contributed by atoms with Gasteiger partial charge in [0.15, 0.2) is 0 Å². The monoisotopic (exact) mass is 252 g/mol. The number of hydrogen-bond donors (Lipinski definition) is 2. The second-order valence-corrected chi connectivity index (χ2v) is 2.92. The molecule has 15 heavy (non-hydrogen) atoms. The van der Waals surface area contributed by atoms with Crippen LogP contribution in [0.15, 0.2) is 24.5 Å². The molecule has 0 saturated heterocycles. The zero-order chi connectivity index (χ0) is 9.68. The van der Waals surface area contributed by atoms with E-state index in [2.05, 4.69) is 4.98 Å². The average molecular weight is 253 g/mol. The van der Waals surface area contributed by atoms with Crippen molar-refractivity contribution in [1.29, 1.82) is 0 Å². The minimum atomic E-state index is -0.864. The minimum Gasteiger partial charge on any atom is -0.481 e. The Morgan fingerprint density at radius 3 is 2.67 bits per heavy atom. The standard InChI is InChI=1S/C9H12N2O2.2ClH/c10-8(5-9(12)13)4-7-2-1-3-11-6-7;;/h1-3,6,8H,4-5,10H2,(H,12,13);2*1H/t8-;;/m1../s1. The third-order valence-corrected chi connectivity index (χ3v) is 1.66. The van der Waals surface area contributed by atoms with E-state index in [0.717, 1.165) is 5.56 Å². The molecule has 0 amide bonds. The molecular weight excluding hydrogens is 239 g/mol. The van der Waals surface area contributed by atoms with Gasteiger partial charge < -0.3 is 10.8 Å². The van der Waals surface area contributed by atoms with Crippen LogP contribution in [0.3, 0.4) is 0 Å². The summed E-state index contributed by atoms with van der Waals surface area (Å²) in [6.45, 7) is 0. The molecule has 0 aliphatic heterocycles. The van der Waals surface area contributed by atoms with Crippen LogP contribution in [0.4, 0.5) is 0 Å². The Labute approximate surface area is 101 Å². The number of pyridine rings is 1. The summed E-state index contributed by atoms with van der Waals surface area (Å²) < 4.78 is 0. The third-order valence-electron chi connectivity index (χ3n) is 1.66. The highest BCUT2D eigenvalue weighted by Crippen LogP contribution is 2.01. The first-order valence-electron chi connectivity index (χ1n) is 4.05. The van der Waals surface area contributed by atoms with Crippen LogP contribution in [0.5, 0.6) is 0 Å². The summed E-state index contributed by atoms with van der Waals surface area (Å²) in [7, 11) is 0. The van der Waals surface area contributed by atoms with Crippen molar-refractivity contribution in [3.8, 4) is 0 Å². The lowest BCUT2D eigenvalue weighted by Crippen LogP contribution is -2.26. The number of carbonyl (C=O) groups is 1. The van der Waals surface area contributed by atoms with Crippen molar-refractivity contribution in [3.63, 3.8) is 0 Å². The molecule has 0 spiro atoms. The van der Waals surface area contributed by atoms with Crippen LogP contribution in [-0.4, -0.2) is 22.1 Å². The number of nitrogens with zero attached hydrogens (tertiary/aromatic N) is 1. The number of aromatic nitrogens is 1. The third kappa shape index (κ3) is 7.13. The number of nitrogens with two attached hydrogens (primary N) is 1. The number of rotatable bonds is 4. The summed E-state index contributed by atoms with van der Waals surface area (Å²) >= 11 is 0. The zero-order valence-corrected chi connectivity index (χ0v) is 9.63. The second-order valence-electron chi connectivity index (χ2n) is 2.92. The van der Waals surface area contributed by atoms with Gasteiger partial charge in [0.05, 0.1) is 6.42 Å². The van der Waals surface area contributed by atoms with Gasteiger partial charge in [-0.1, -0.05) is 6.07 Å². The maximum Gasteiger partial charge on any atom is 0.304 e. The highest BCUT2D eigenvalue weighted by Gasteiger charge is 2.08. The maximum absolute atomic E-state index is 10.3. The number of carboxylic acids is 1. The molecule has 0 radical (unpaired) electrons. The molecule has 1 heterocycles. The predicted octanol–water partition coefficient (Wildman–Crippen LogP) is 1.27. The fraction of sp³-hybridized carbons (Fsp3) is 0.333. The molecule has 0 saturated carbocycles. The van der Waals surface area contributed by atoms with E-state index < -0.39 is 5.97 Å². The molecular formula is C9H14Cl2N2O2. The molecule has 1 rings (SSSR count). The number of carboxylic acid groups (broad SMARTS) is 1. The van der Waals surface area contributed by atoms with Crippen LogP contribution in [0.2, 0.25) is 0 Å². The highest BCUT2D eigenvalue weighted by atomic mass is 35.5. The fourth-order valence-electron chi connectivity index (χ4n) is 1.12. The summed E-state index contributed by atoms with van der Waals surface area (Å²) in [5.74, 6) is -0.864. The molecule has 0 aliphatic carbocycles. The molecule has 0 aromatic carbocycles. The summed E-state index contributed by atoms with van der Waals surface area (Å²) in [5, 5.41) is 8.47. The van der Waals surface area contributed by atoms with E-state index >= 15 is 0 Å². The first kappa shape index (κ1) is 16.6. The summed E-state index contributed by atoms with van der Waals surface area (Å²) in [6, 6.07) is 3.36. The van der Waals surface area contributed by atoms with E-state index in [1.54, 1.807) is 12.4 Å². The van der Waals surface area contributed by atoms with Crippen molar-refractivity contribution in [2.75, 3.05) is 0 Å². The normalized spacial score (nSPS) is 10.7. The van der Waals surface area contributed by atoms with Crippen molar-refractivity contribution in [3.05, 3.63) is 30.1 Å². The largest absolute Gasteiger partial charge is 0.481 e. The first-order valence-corrected chi connectivity index (χ1v) is 4.05. The summed E-state index contributed by atoms with van der Waals surface area (Å²) in [6.07, 6.45) is 3.92. The van der Waals surface area contributed by atoms with Gasteiger partial charge in [-0.05, 0) is 18.1 Å². The van der Waals surface area contributed by atoms with E-state index in [1.165, 1.54) is 0 Å². The van der Waals surface area contributed by atoms with Gasteiger partial charge in [0.1, 0.15) is 0 Å². The van der Waals surface area contributed by atoms with Crippen molar-refractivity contribution in [1.82, 2.24) is 4.98 Å². The molecule has 86 valence electrons. The predicted molar refractivity (Wildman–Crippen MR) is 62.7 cm³/mol. The van der Waals surface area contributed by atoms with Crippen LogP contribution >= 0.6 is 24.8 Å². The van der Waals surface area contributed by atoms with Crippen LogP contribution in [0.1, 0.15) is 12.0 Å². The Hall–Kier alpha value is -0.840. The quantitative estimate of drug-likeness (QED) is 0.847. The Morgan fingerprint density at radius 1 is 1.53 bits per heavy atom. The van der Waals surface area contributed by atoms with Gasteiger partial charge >= 0.3 is 5.97 Å². The molecule has 3 N–H and O–H groups in total. The zero-order valence-electron chi connectivity index (χ0n) is 8.00. The SMILES string of the molecule is Cl.Cl.N[C@@H](CC(=O)O)Cc1cccnc1. The maximum atomic E-state index is 10.3. The van der Waals surface area contributed by atoms with Gasteiger partial charge in [-0.2, -0.15) is 0 Å². The molecule has 1 atom stereocenters. The second kappa shape index (κ2) is 8.47. The van der Waals surface area contributed by atoms with E-state index in [4.69, 9.17) is 10.8 Å². The van der Waals surface area contributed by atoms with Gasteiger partial charge in [-0.3, -0.25) is 9.78 Å². The molecule has 4 nitrogen and oxygen atoms in total. The van der Waals surface area contributed by atoms with E-state index in [1.807, 2.05) is 12.1 Å². The number of halogens is 2. The first-order chi connectivity index (χ1) is 6.18. The summed E-state index contributed by atoms with van der Waals surface area (Å²) in [4.78, 5) is 14.2. The smallest absolute Gasteiger partial charge is 0.304 e. The van der Waals surface area contributed by atoms with Gasteiger partial charge in [-0.25, -0.2) is 0 Å². The van der Waals surface area contributed by atoms with Crippen molar-refractivity contribution in [2.45, 2.75) is 18.9 Å². The van der Waals surface area contributed by atoms with Crippen LogP contribution in [0.25, 0.3) is 0 Å². The van der Waals surface area contributed by atoms with Gasteiger partial charge in [-0.15, -0.1) is 24.8 Å². The lowest BCUT2D eigenvalue weighted by atomic mass is 10.1. The molecule has 0 bridgehead atoms. The minimum absolute atomic E-state index is 0. The Bertz CT molecular complexity index is 283. The van der Waals surface area contributed by atoms with Crippen molar-refractivity contribution >= 4 is 30.8 Å². The highest BCUT2D eigenvalue weighted by molar-refractivity contribution is 5.85. The van der Waals surface area contributed by atoms with E-state index in [9.17, 15) is 4.79 Å². The fourth-order valence-corrected chi connectivity index (χ4v) is 1.12. The Morgan fingerprint density at radius 2 is 2.20 bits per heavy atom. The van der Waals surface area contributed by atoms with Crippen LogP contribution < -0.4 is 5.73 Å². The van der Waals surface area contributed by atoms with E-state index in [-0.39, 0.29) is 37.3 Å². The molecule has 0 unspecified atom stereocenters. The topological polar surface area (TPSA) is 76.2 Å². The lowest BCUT2D eigenvalue weighted by Gasteiger charge is -2.07. The molecule has 0 aliphatic rings. The number of aliphatic carboxylic acids is 1. The molecule has 1 aromatic heterocycles. The Balaban J connectivity index is 0. The lowest BCUT2D eigenvalue weighted by molar-refractivity contribution is -0.137. The van der Waals surface area contributed by atoms with Gasteiger partial charge in [0, 0.05) is 18.4 Å². The Kier molecular flexibility index (Phi) is 9.36. The average Bonchev–Trinajstić information content (AvgIpc) is 2.04. The van der Waals surface area contributed by atoms with Gasteiger partial charge in [0.25, 0.3) is 0 Å². The van der Waals surface area contributed by atoms with Crippen molar-refractivity contribution in [2.24, 2.45) is 5.73 Å². The molecule has 1 aromatic rings.